The minimum Gasteiger partial charge on any atom is -0.497 e. The Kier molecular flexibility index (Phi) is 7.07. The molecule has 192 valence electrons. The maximum absolute atomic E-state index is 12.9. The number of rotatable bonds is 7. The molecule has 4 aromatic carbocycles. The molecule has 0 unspecified atom stereocenters. The highest BCUT2D eigenvalue weighted by atomic mass is 79.9. The van der Waals surface area contributed by atoms with E-state index in [1.165, 1.54) is 4.90 Å². The molecule has 0 atom stereocenters. The lowest BCUT2D eigenvalue weighted by atomic mass is 10.1. The molecular weight excluding hydrogens is 546 g/mol. The van der Waals surface area contributed by atoms with E-state index in [2.05, 4.69) is 32.6 Å². The number of anilines is 1. The van der Waals surface area contributed by atoms with Crippen LogP contribution in [0.3, 0.4) is 0 Å². The Morgan fingerprint density at radius 2 is 1.66 bits per heavy atom. The van der Waals surface area contributed by atoms with Gasteiger partial charge < -0.3 is 19.8 Å². The van der Waals surface area contributed by atoms with Crippen molar-refractivity contribution < 1.29 is 19.1 Å². The number of ether oxygens (including phenoxy) is 2. The molecule has 0 aliphatic heterocycles. The molecule has 0 spiro atoms. The summed E-state index contributed by atoms with van der Waals surface area (Å²) in [6.07, 6.45) is -0.494. The number of nitrogens with zero attached hydrogens (tertiary/aromatic N) is 2. The molecule has 0 fully saturated rings. The molecule has 0 aliphatic carbocycles. The monoisotopic (exact) mass is 571 g/mol. The summed E-state index contributed by atoms with van der Waals surface area (Å²) in [6, 6.07) is 26.9. The standard InChI is InChI=1S/C30H26BrN3O4/c1-33(30(36)38-18-20-8-11-23(37-2)12-9-20)22-10-13-26-24(16-22)28-25(29(32)35)14-21(31)15-27(28)34(26)17-19-6-4-3-5-7-19/h3-16H,17-18H2,1-2H3,(H2,32,35). The van der Waals surface area contributed by atoms with Gasteiger partial charge in [-0.2, -0.15) is 0 Å². The van der Waals surface area contributed by atoms with E-state index in [-0.39, 0.29) is 6.61 Å². The van der Waals surface area contributed by atoms with Gasteiger partial charge in [0.1, 0.15) is 12.4 Å². The highest BCUT2D eigenvalue weighted by Crippen LogP contribution is 2.36. The van der Waals surface area contributed by atoms with E-state index >= 15 is 0 Å². The average Bonchev–Trinajstić information content (AvgIpc) is 3.23. The molecule has 8 heteroatoms. The summed E-state index contributed by atoms with van der Waals surface area (Å²) in [4.78, 5) is 26.8. The first-order valence-electron chi connectivity index (χ1n) is 12.0. The van der Waals surface area contributed by atoms with Gasteiger partial charge in [-0.1, -0.05) is 58.4 Å². The zero-order valence-electron chi connectivity index (χ0n) is 21.0. The zero-order chi connectivity index (χ0) is 26.8. The fourth-order valence-electron chi connectivity index (χ4n) is 4.59. The second-order valence-corrected chi connectivity index (χ2v) is 9.86. The number of aromatic nitrogens is 1. The minimum atomic E-state index is -0.521. The van der Waals surface area contributed by atoms with E-state index < -0.39 is 12.0 Å². The number of amides is 2. The minimum absolute atomic E-state index is 0.131. The second-order valence-electron chi connectivity index (χ2n) is 8.95. The van der Waals surface area contributed by atoms with E-state index in [0.717, 1.165) is 43.2 Å². The number of hydrogen-bond donors (Lipinski definition) is 1. The van der Waals surface area contributed by atoms with Crippen LogP contribution in [0.4, 0.5) is 10.5 Å². The Bertz CT molecular complexity index is 1650. The number of primary amides is 1. The second kappa shape index (κ2) is 10.6. The van der Waals surface area contributed by atoms with Crippen LogP contribution in [0.25, 0.3) is 21.8 Å². The van der Waals surface area contributed by atoms with Gasteiger partial charge in [0.15, 0.2) is 0 Å². The van der Waals surface area contributed by atoms with Crippen LogP contribution in [0.1, 0.15) is 21.5 Å². The molecule has 0 saturated heterocycles. The van der Waals surface area contributed by atoms with Crippen LogP contribution in [0.2, 0.25) is 0 Å². The van der Waals surface area contributed by atoms with Crippen LogP contribution in [-0.2, 0) is 17.9 Å². The van der Waals surface area contributed by atoms with Crippen molar-refractivity contribution in [2.75, 3.05) is 19.1 Å². The number of fused-ring (bicyclic) bond motifs is 3. The van der Waals surface area contributed by atoms with Crippen molar-refractivity contribution in [3.63, 3.8) is 0 Å². The molecule has 1 heterocycles. The largest absolute Gasteiger partial charge is 0.497 e. The number of benzene rings is 4. The molecule has 0 saturated carbocycles. The van der Waals surface area contributed by atoms with Crippen molar-refractivity contribution in [3.8, 4) is 5.75 Å². The van der Waals surface area contributed by atoms with Crippen LogP contribution < -0.4 is 15.4 Å². The van der Waals surface area contributed by atoms with Gasteiger partial charge in [-0.3, -0.25) is 9.69 Å². The fourth-order valence-corrected chi connectivity index (χ4v) is 5.03. The number of halogens is 1. The zero-order valence-corrected chi connectivity index (χ0v) is 22.6. The predicted octanol–water partition coefficient (Wildman–Crippen LogP) is 6.49. The number of nitrogens with two attached hydrogens (primary N) is 1. The molecule has 5 rings (SSSR count). The SMILES string of the molecule is COc1ccc(COC(=O)N(C)c2ccc3c(c2)c2c(C(N)=O)cc(Br)cc2n3Cc2ccccc2)cc1. The first-order chi connectivity index (χ1) is 18.4. The Morgan fingerprint density at radius 3 is 2.34 bits per heavy atom. The molecule has 0 aliphatic rings. The molecular formula is C30H26BrN3O4. The third kappa shape index (κ3) is 4.95. The Labute approximate surface area is 228 Å². The topological polar surface area (TPSA) is 86.8 Å². The molecule has 1 aromatic heterocycles. The highest BCUT2D eigenvalue weighted by Gasteiger charge is 2.20. The van der Waals surface area contributed by atoms with E-state index in [4.69, 9.17) is 15.2 Å². The van der Waals surface area contributed by atoms with E-state index in [9.17, 15) is 9.59 Å². The molecule has 38 heavy (non-hydrogen) atoms. The fraction of sp³-hybridized carbons (Fsp3) is 0.133. The number of hydrogen-bond acceptors (Lipinski definition) is 4. The highest BCUT2D eigenvalue weighted by molar-refractivity contribution is 9.10. The van der Waals surface area contributed by atoms with Crippen molar-refractivity contribution in [1.82, 2.24) is 4.57 Å². The number of carbonyl (C=O) groups is 2. The van der Waals surface area contributed by atoms with E-state index in [1.807, 2.05) is 66.7 Å². The van der Waals surface area contributed by atoms with Crippen LogP contribution >= 0.6 is 15.9 Å². The van der Waals surface area contributed by atoms with Crippen LogP contribution in [0.15, 0.2) is 89.4 Å². The molecule has 2 amide bonds. The van der Waals surface area contributed by atoms with Crippen molar-refractivity contribution in [3.05, 3.63) is 106 Å². The first kappa shape index (κ1) is 25.4. The molecule has 0 radical (unpaired) electrons. The lowest BCUT2D eigenvalue weighted by molar-refractivity contribution is 0.100. The third-order valence-electron chi connectivity index (χ3n) is 6.54. The van der Waals surface area contributed by atoms with Crippen molar-refractivity contribution in [1.29, 1.82) is 0 Å². The van der Waals surface area contributed by atoms with Crippen molar-refractivity contribution in [2.24, 2.45) is 5.73 Å². The summed E-state index contributed by atoms with van der Waals surface area (Å²) in [5, 5.41) is 1.57. The quantitative estimate of drug-likeness (QED) is 0.242. The smallest absolute Gasteiger partial charge is 0.414 e. The predicted molar refractivity (Wildman–Crippen MR) is 153 cm³/mol. The van der Waals surface area contributed by atoms with Gasteiger partial charge in [0.2, 0.25) is 5.91 Å². The van der Waals surface area contributed by atoms with Gasteiger partial charge in [-0.15, -0.1) is 0 Å². The summed E-state index contributed by atoms with van der Waals surface area (Å²) in [6.45, 7) is 0.736. The van der Waals surface area contributed by atoms with Gasteiger partial charge in [-0.25, -0.2) is 4.79 Å². The van der Waals surface area contributed by atoms with Crippen LogP contribution in [-0.4, -0.2) is 30.7 Å². The normalized spacial score (nSPS) is 11.0. The van der Waals surface area contributed by atoms with Crippen LogP contribution in [0.5, 0.6) is 5.75 Å². The lowest BCUT2D eigenvalue weighted by Gasteiger charge is -2.18. The van der Waals surface area contributed by atoms with Gasteiger partial charge in [-0.05, 0) is 53.6 Å². The Balaban J connectivity index is 1.53. The van der Waals surface area contributed by atoms with Gasteiger partial charge in [0.05, 0.1) is 18.2 Å². The van der Waals surface area contributed by atoms with Gasteiger partial charge >= 0.3 is 6.09 Å². The Hall–Kier alpha value is -4.30. The third-order valence-corrected chi connectivity index (χ3v) is 7.00. The van der Waals surface area contributed by atoms with E-state index in [0.29, 0.717) is 17.8 Å². The maximum Gasteiger partial charge on any atom is 0.414 e. The summed E-state index contributed by atoms with van der Waals surface area (Å²) < 4.78 is 13.6. The Morgan fingerprint density at radius 1 is 0.921 bits per heavy atom. The summed E-state index contributed by atoms with van der Waals surface area (Å²) >= 11 is 3.53. The molecule has 5 aromatic rings. The van der Waals surface area contributed by atoms with Crippen molar-refractivity contribution >= 4 is 55.4 Å². The molecule has 7 nitrogen and oxygen atoms in total. The summed E-state index contributed by atoms with van der Waals surface area (Å²) in [5.41, 5.74) is 10.6. The average molecular weight is 572 g/mol. The maximum atomic E-state index is 12.9. The first-order valence-corrected chi connectivity index (χ1v) is 12.8. The van der Waals surface area contributed by atoms with E-state index in [1.54, 1.807) is 20.2 Å². The van der Waals surface area contributed by atoms with Gasteiger partial charge in [0.25, 0.3) is 0 Å². The molecule has 0 bridgehead atoms. The van der Waals surface area contributed by atoms with Crippen molar-refractivity contribution in [2.45, 2.75) is 13.2 Å². The number of methoxy groups -OCH3 is 1. The van der Waals surface area contributed by atoms with Crippen LogP contribution in [0, 0.1) is 0 Å². The molecule has 2 N–H and O–H groups in total. The number of carbonyl (C=O) groups excluding carboxylic acids is 2. The lowest BCUT2D eigenvalue weighted by Crippen LogP contribution is -2.26. The summed E-state index contributed by atoms with van der Waals surface area (Å²) in [5.74, 6) is 0.215. The summed E-state index contributed by atoms with van der Waals surface area (Å²) in [7, 11) is 3.26. The van der Waals surface area contributed by atoms with Gasteiger partial charge in [0, 0.05) is 40.0 Å².